The Morgan fingerprint density at radius 3 is 2.29 bits per heavy atom. The molecule has 3 rings (SSSR count). The summed E-state index contributed by atoms with van der Waals surface area (Å²) in [5.74, 6) is 0.219. The molecule has 1 heterocycles. The van der Waals surface area contributed by atoms with Crippen LogP contribution in [-0.4, -0.2) is 10.4 Å². The minimum atomic E-state index is -0.0189. The van der Waals surface area contributed by atoms with E-state index in [-0.39, 0.29) is 11.2 Å². The molecule has 2 aromatic rings. The molecule has 0 unspecified atom stereocenters. The van der Waals surface area contributed by atoms with Gasteiger partial charge in [-0.15, -0.1) is 0 Å². The van der Waals surface area contributed by atoms with E-state index in [0.717, 1.165) is 29.1 Å². The lowest BCUT2D eigenvalue weighted by molar-refractivity contribution is 0.0911. The van der Waals surface area contributed by atoms with E-state index >= 15 is 0 Å². The number of hydrogen-bond acceptors (Lipinski definition) is 1. The Bertz CT molecular complexity index is 723. The molecular weight excluding hydrogens is 305 g/mol. The van der Waals surface area contributed by atoms with Crippen LogP contribution >= 0.6 is 23.2 Å². The topological polar surface area (TPSA) is 22.0 Å². The van der Waals surface area contributed by atoms with Gasteiger partial charge in [-0.05, 0) is 43.0 Å². The van der Waals surface area contributed by atoms with Crippen LogP contribution in [0, 0.1) is 12.3 Å². The van der Waals surface area contributed by atoms with E-state index in [0.29, 0.717) is 16.5 Å². The van der Waals surface area contributed by atoms with Crippen LogP contribution < -0.4 is 0 Å². The van der Waals surface area contributed by atoms with E-state index in [1.807, 2.05) is 25.1 Å². The van der Waals surface area contributed by atoms with Crippen molar-refractivity contribution < 1.29 is 4.79 Å². The molecule has 1 aromatic heterocycles. The highest BCUT2D eigenvalue weighted by Gasteiger charge is 2.34. The van der Waals surface area contributed by atoms with E-state index in [1.54, 1.807) is 6.07 Å². The van der Waals surface area contributed by atoms with Crippen molar-refractivity contribution >= 4 is 29.0 Å². The molecule has 1 aliphatic carbocycles. The number of carbonyl (C=O) groups excluding carboxylic acids is 1. The minimum Gasteiger partial charge on any atom is -0.317 e. The van der Waals surface area contributed by atoms with Gasteiger partial charge in [0.1, 0.15) is 0 Å². The molecule has 1 aliphatic rings. The number of aromatic nitrogens is 1. The van der Waals surface area contributed by atoms with Gasteiger partial charge in [0.15, 0.2) is 5.78 Å². The van der Waals surface area contributed by atoms with E-state index < -0.39 is 0 Å². The Labute approximate surface area is 134 Å². The average Bonchev–Trinajstić information content (AvgIpc) is 2.63. The van der Waals surface area contributed by atoms with Gasteiger partial charge in [-0.25, -0.2) is 0 Å². The van der Waals surface area contributed by atoms with Crippen LogP contribution in [-0.2, 0) is 6.42 Å². The molecule has 2 nitrogen and oxygen atoms in total. The zero-order valence-electron chi connectivity index (χ0n) is 12.3. The van der Waals surface area contributed by atoms with Gasteiger partial charge in [0, 0.05) is 39.1 Å². The van der Waals surface area contributed by atoms with Gasteiger partial charge in [0.25, 0.3) is 0 Å². The quantitative estimate of drug-likeness (QED) is 0.703. The summed E-state index contributed by atoms with van der Waals surface area (Å²) >= 11 is 12.2. The lowest BCUT2D eigenvalue weighted by Gasteiger charge is -2.30. The first kappa shape index (κ1) is 14.7. The van der Waals surface area contributed by atoms with Crippen molar-refractivity contribution in [2.75, 3.05) is 0 Å². The largest absolute Gasteiger partial charge is 0.317 e. The molecular formula is C17H17Cl2NO. The van der Waals surface area contributed by atoms with Crippen molar-refractivity contribution in [1.29, 1.82) is 0 Å². The summed E-state index contributed by atoms with van der Waals surface area (Å²) < 4.78 is 2.10. The summed E-state index contributed by atoms with van der Waals surface area (Å²) in [4.78, 5) is 12.4. The maximum Gasteiger partial charge on any atom is 0.165 e. The van der Waals surface area contributed by atoms with Crippen molar-refractivity contribution in [2.45, 2.75) is 33.6 Å². The molecule has 0 amide bonds. The number of aryl methyl sites for hydroxylation is 1. The zero-order valence-corrected chi connectivity index (χ0v) is 13.8. The number of fused-ring (bicyclic) bond motifs is 1. The first-order valence-corrected chi connectivity index (χ1v) is 7.73. The molecule has 0 radical (unpaired) electrons. The van der Waals surface area contributed by atoms with E-state index in [1.165, 1.54) is 0 Å². The zero-order chi connectivity index (χ0) is 15.4. The van der Waals surface area contributed by atoms with Crippen LogP contribution in [0.1, 0.15) is 42.0 Å². The van der Waals surface area contributed by atoms with Gasteiger partial charge in [-0.3, -0.25) is 4.79 Å². The van der Waals surface area contributed by atoms with E-state index in [9.17, 15) is 4.79 Å². The third-order valence-corrected chi connectivity index (χ3v) is 4.41. The number of halogens is 2. The normalized spacial score (nSPS) is 16.9. The summed E-state index contributed by atoms with van der Waals surface area (Å²) in [5.41, 5.74) is 3.82. The second kappa shape index (κ2) is 4.89. The van der Waals surface area contributed by atoms with E-state index in [2.05, 4.69) is 18.4 Å². The lowest BCUT2D eigenvalue weighted by atomic mass is 9.76. The molecule has 0 bridgehead atoms. The molecule has 110 valence electrons. The van der Waals surface area contributed by atoms with Crippen LogP contribution in [0.3, 0.4) is 0 Å². The second-order valence-corrected chi connectivity index (χ2v) is 7.42. The predicted molar refractivity (Wildman–Crippen MR) is 87.0 cm³/mol. The Kier molecular flexibility index (Phi) is 3.42. The summed E-state index contributed by atoms with van der Waals surface area (Å²) in [6, 6.07) is 7.45. The molecule has 0 aliphatic heterocycles. The molecule has 0 N–H and O–H groups in total. The van der Waals surface area contributed by atoms with Crippen molar-refractivity contribution in [3.05, 3.63) is 51.3 Å². The van der Waals surface area contributed by atoms with Crippen molar-refractivity contribution in [1.82, 2.24) is 4.57 Å². The number of carbonyl (C=O) groups is 1. The van der Waals surface area contributed by atoms with Crippen molar-refractivity contribution in [3.63, 3.8) is 0 Å². The maximum atomic E-state index is 12.4. The highest BCUT2D eigenvalue weighted by Crippen LogP contribution is 2.38. The minimum absolute atomic E-state index is 0.0189. The van der Waals surface area contributed by atoms with Crippen LogP contribution in [0.25, 0.3) is 5.69 Å². The molecule has 0 fully saturated rings. The third-order valence-electron chi connectivity index (χ3n) is 3.98. The summed E-state index contributed by atoms with van der Waals surface area (Å²) in [5, 5.41) is 1.20. The van der Waals surface area contributed by atoms with Crippen LogP contribution in [0.2, 0.25) is 10.0 Å². The smallest absolute Gasteiger partial charge is 0.165 e. The van der Waals surface area contributed by atoms with Gasteiger partial charge >= 0.3 is 0 Å². The Balaban J connectivity index is 2.23. The Morgan fingerprint density at radius 1 is 1.05 bits per heavy atom. The fraction of sp³-hybridized carbons (Fsp3) is 0.353. The second-order valence-electron chi connectivity index (χ2n) is 6.55. The SMILES string of the molecule is Cc1cc2c(n1-c1cc(Cl)cc(Cl)c1)CC(C)(C)CC2=O. The van der Waals surface area contributed by atoms with Gasteiger partial charge in [0.05, 0.1) is 0 Å². The van der Waals surface area contributed by atoms with Crippen LogP contribution in [0.5, 0.6) is 0 Å². The van der Waals surface area contributed by atoms with Gasteiger partial charge in [0.2, 0.25) is 0 Å². The van der Waals surface area contributed by atoms with Crippen LogP contribution in [0.4, 0.5) is 0 Å². The highest BCUT2D eigenvalue weighted by atomic mass is 35.5. The van der Waals surface area contributed by atoms with Gasteiger partial charge < -0.3 is 4.57 Å². The number of nitrogens with zero attached hydrogens (tertiary/aromatic N) is 1. The number of Topliss-reactive ketones (excluding diaryl/α,β-unsaturated/α-hetero) is 1. The van der Waals surface area contributed by atoms with Crippen LogP contribution in [0.15, 0.2) is 24.3 Å². The Hall–Kier alpha value is -1.25. The number of benzene rings is 1. The lowest BCUT2D eigenvalue weighted by Crippen LogP contribution is -2.27. The molecule has 21 heavy (non-hydrogen) atoms. The van der Waals surface area contributed by atoms with Gasteiger partial charge in [-0.1, -0.05) is 37.0 Å². The highest BCUT2D eigenvalue weighted by molar-refractivity contribution is 6.34. The average molecular weight is 322 g/mol. The predicted octanol–water partition coefficient (Wildman–Crippen LogP) is 5.25. The number of ketones is 1. The molecule has 0 spiro atoms. The summed E-state index contributed by atoms with van der Waals surface area (Å²) in [7, 11) is 0. The summed E-state index contributed by atoms with van der Waals surface area (Å²) in [6.45, 7) is 6.27. The molecule has 1 aromatic carbocycles. The van der Waals surface area contributed by atoms with Crippen molar-refractivity contribution in [2.24, 2.45) is 5.41 Å². The van der Waals surface area contributed by atoms with E-state index in [4.69, 9.17) is 23.2 Å². The monoisotopic (exact) mass is 321 g/mol. The first-order valence-electron chi connectivity index (χ1n) is 6.98. The Morgan fingerprint density at radius 2 is 1.67 bits per heavy atom. The van der Waals surface area contributed by atoms with Crippen molar-refractivity contribution in [3.8, 4) is 5.69 Å². The fourth-order valence-electron chi connectivity index (χ4n) is 3.18. The fourth-order valence-corrected chi connectivity index (χ4v) is 3.69. The molecule has 0 saturated carbocycles. The first-order chi connectivity index (χ1) is 9.77. The summed E-state index contributed by atoms with van der Waals surface area (Å²) in [6.07, 6.45) is 1.46. The maximum absolute atomic E-state index is 12.4. The number of rotatable bonds is 1. The molecule has 0 saturated heterocycles. The number of hydrogen-bond donors (Lipinski definition) is 0. The standard InChI is InChI=1S/C17H17Cl2NO/c1-10-4-14-15(8-17(2,3)9-16(14)21)20(10)13-6-11(18)5-12(19)7-13/h4-7H,8-9H2,1-3H3. The van der Waals surface area contributed by atoms with Gasteiger partial charge in [-0.2, -0.15) is 0 Å². The molecule has 4 heteroatoms. The third kappa shape index (κ3) is 2.63. The molecule has 0 atom stereocenters.